The smallest absolute Gasteiger partial charge is 0.235 e. The third-order valence-electron chi connectivity index (χ3n) is 12.6. The zero-order valence-electron chi connectivity index (χ0n) is 29.2. The van der Waals surface area contributed by atoms with Crippen molar-refractivity contribution in [2.24, 2.45) is 0 Å². The predicted molar refractivity (Wildman–Crippen MR) is 213 cm³/mol. The van der Waals surface area contributed by atoms with Gasteiger partial charge < -0.3 is 4.57 Å². The zero-order valence-corrected chi connectivity index (χ0v) is 29.2. The van der Waals surface area contributed by atoms with Crippen molar-refractivity contribution in [1.29, 1.82) is 0 Å². The summed E-state index contributed by atoms with van der Waals surface area (Å²) in [6.07, 6.45) is 4.73. The van der Waals surface area contributed by atoms with E-state index in [0.29, 0.717) is 0 Å². The molecule has 0 saturated heterocycles. The molecule has 4 aliphatic rings. The lowest BCUT2D eigenvalue weighted by Gasteiger charge is -2.39. The molecule has 4 heterocycles. The second-order valence-corrected chi connectivity index (χ2v) is 15.6. The Morgan fingerprint density at radius 2 is 1.31 bits per heavy atom. The molecule has 0 spiro atoms. The lowest BCUT2D eigenvalue weighted by molar-refractivity contribution is 0.532. The molecule has 4 heteroatoms. The predicted octanol–water partition coefficient (Wildman–Crippen LogP) is 11.7. The molecule has 2 atom stereocenters. The molecule has 0 amide bonds. The molecule has 6 aromatic carbocycles. The van der Waals surface area contributed by atoms with Gasteiger partial charge in [-0.25, -0.2) is 9.97 Å². The average molecular weight is 667 g/mol. The van der Waals surface area contributed by atoms with Crippen LogP contribution in [0, 0.1) is 0 Å². The molecule has 8 aromatic rings. The van der Waals surface area contributed by atoms with Gasteiger partial charge in [0.2, 0.25) is 5.95 Å². The maximum atomic E-state index is 5.61. The Balaban J connectivity index is 1.17. The van der Waals surface area contributed by atoms with Crippen LogP contribution in [0.4, 0.5) is 11.6 Å². The van der Waals surface area contributed by atoms with Crippen LogP contribution in [0.3, 0.4) is 0 Å². The van der Waals surface area contributed by atoms with E-state index in [2.05, 4.69) is 176 Å². The van der Waals surface area contributed by atoms with Gasteiger partial charge in [0.1, 0.15) is 0 Å². The van der Waals surface area contributed by atoms with Crippen molar-refractivity contribution in [3.05, 3.63) is 174 Å². The lowest BCUT2D eigenvalue weighted by atomic mass is 9.65. The minimum Gasteiger partial charge on any atom is -0.312 e. The van der Waals surface area contributed by atoms with Crippen LogP contribution in [-0.4, -0.2) is 14.5 Å². The summed E-state index contributed by atoms with van der Waals surface area (Å²) in [4.78, 5) is 13.6. The minimum absolute atomic E-state index is 0.0529. The number of hydrogen-bond acceptors (Lipinski definition) is 3. The second kappa shape index (κ2) is 9.54. The van der Waals surface area contributed by atoms with E-state index in [9.17, 15) is 0 Å². The lowest BCUT2D eigenvalue weighted by Crippen LogP contribution is -2.34. The number of fused-ring (bicyclic) bond motifs is 14. The molecule has 2 aliphatic carbocycles. The van der Waals surface area contributed by atoms with Crippen LogP contribution >= 0.6 is 0 Å². The highest BCUT2D eigenvalue weighted by Gasteiger charge is 2.55. The van der Waals surface area contributed by atoms with Crippen LogP contribution in [0.25, 0.3) is 60.8 Å². The first kappa shape index (κ1) is 28.4. The van der Waals surface area contributed by atoms with E-state index in [1.54, 1.807) is 0 Å². The molecular formula is C48H34N4. The Kier molecular flexibility index (Phi) is 5.22. The van der Waals surface area contributed by atoms with E-state index in [1.165, 1.54) is 71.8 Å². The molecule has 52 heavy (non-hydrogen) atoms. The van der Waals surface area contributed by atoms with Crippen LogP contribution in [0.5, 0.6) is 0 Å². The standard InChI is InChI=1S/C48H34N4/c1-47(2)35-21-11-9-19-33(35)44-42(47)43(28-14-5-4-6-15-28)49-46(50-44)51-38-24-25-40-48(3,41(38)34-26-29-16-7-8-17-30(29)27-39(34)51)36-22-13-20-32-31-18-10-12-23-37(31)52(40)45(32)36/h4-27,41H,1-3H3. The van der Waals surface area contributed by atoms with Gasteiger partial charge in [0.05, 0.1) is 28.1 Å². The summed E-state index contributed by atoms with van der Waals surface area (Å²) in [5, 5.41) is 5.08. The van der Waals surface area contributed by atoms with E-state index >= 15 is 0 Å². The number of hydrogen-bond donors (Lipinski definition) is 0. The molecule has 2 unspecified atom stereocenters. The van der Waals surface area contributed by atoms with Gasteiger partial charge in [0.25, 0.3) is 0 Å². The third kappa shape index (κ3) is 3.29. The van der Waals surface area contributed by atoms with Crippen molar-refractivity contribution in [2.75, 3.05) is 4.90 Å². The number of anilines is 2. The zero-order chi connectivity index (χ0) is 34.5. The SMILES string of the molecule is CC1(C)c2ccccc2-c2nc(N3C4=CC=C5n6c7ccccc7c7cccc(c76)C5(C)C4c4cc5ccccc5cc43)nc(-c3ccccc3)c21. The first-order valence-corrected chi connectivity index (χ1v) is 18.3. The monoisotopic (exact) mass is 666 g/mol. The molecule has 2 aromatic heterocycles. The summed E-state index contributed by atoms with van der Waals surface area (Å²) < 4.78 is 2.54. The van der Waals surface area contributed by atoms with Crippen molar-refractivity contribution in [3.63, 3.8) is 0 Å². The van der Waals surface area contributed by atoms with Crippen LogP contribution in [0.15, 0.2) is 151 Å². The van der Waals surface area contributed by atoms with Gasteiger partial charge in [0.15, 0.2) is 0 Å². The molecule has 4 nitrogen and oxygen atoms in total. The summed E-state index contributed by atoms with van der Waals surface area (Å²) >= 11 is 0. The van der Waals surface area contributed by atoms with Gasteiger partial charge in [0, 0.05) is 55.6 Å². The van der Waals surface area contributed by atoms with Gasteiger partial charge in [-0.2, -0.15) is 0 Å². The van der Waals surface area contributed by atoms with Crippen LogP contribution in [-0.2, 0) is 10.8 Å². The number of para-hydroxylation sites is 2. The normalized spacial score (nSPS) is 20.1. The second-order valence-electron chi connectivity index (χ2n) is 15.6. The Hall–Kier alpha value is -6.26. The molecule has 0 bridgehead atoms. The summed E-state index contributed by atoms with van der Waals surface area (Å²) in [6.45, 7) is 7.10. The van der Waals surface area contributed by atoms with Gasteiger partial charge in [-0.1, -0.05) is 129 Å². The first-order valence-electron chi connectivity index (χ1n) is 18.3. The van der Waals surface area contributed by atoms with E-state index < -0.39 is 0 Å². The third-order valence-corrected chi connectivity index (χ3v) is 12.6. The fourth-order valence-corrected chi connectivity index (χ4v) is 10.4. The summed E-state index contributed by atoms with van der Waals surface area (Å²) in [6, 6.07) is 48.8. The quantitative estimate of drug-likeness (QED) is 0.184. The number of benzene rings is 6. The molecular weight excluding hydrogens is 633 g/mol. The van der Waals surface area contributed by atoms with E-state index in [4.69, 9.17) is 9.97 Å². The fraction of sp³-hybridized carbons (Fsp3) is 0.125. The number of allylic oxidation sites excluding steroid dienone is 4. The Labute approximate surface area is 302 Å². The average Bonchev–Trinajstić information content (AvgIpc) is 3.85. The van der Waals surface area contributed by atoms with Gasteiger partial charge >= 0.3 is 0 Å². The summed E-state index contributed by atoms with van der Waals surface area (Å²) in [7, 11) is 0. The molecule has 246 valence electrons. The Morgan fingerprint density at radius 3 is 2.17 bits per heavy atom. The van der Waals surface area contributed by atoms with Crippen LogP contribution < -0.4 is 4.90 Å². The molecule has 12 rings (SSSR count). The number of rotatable bonds is 2. The van der Waals surface area contributed by atoms with Gasteiger partial charge in [-0.05, 0) is 64.7 Å². The largest absolute Gasteiger partial charge is 0.312 e. The Morgan fingerprint density at radius 1 is 0.615 bits per heavy atom. The van der Waals surface area contributed by atoms with Crippen LogP contribution in [0.1, 0.15) is 48.9 Å². The molecule has 2 aliphatic heterocycles. The van der Waals surface area contributed by atoms with Crippen molar-refractivity contribution < 1.29 is 0 Å². The summed E-state index contributed by atoms with van der Waals surface area (Å²) in [5.41, 5.74) is 15.2. The van der Waals surface area contributed by atoms with Gasteiger partial charge in [-0.3, -0.25) is 4.90 Å². The fourth-order valence-electron chi connectivity index (χ4n) is 10.4. The van der Waals surface area contributed by atoms with Crippen LogP contribution in [0.2, 0.25) is 0 Å². The van der Waals surface area contributed by atoms with Crippen molar-refractivity contribution >= 4 is 49.9 Å². The van der Waals surface area contributed by atoms with E-state index in [-0.39, 0.29) is 16.7 Å². The van der Waals surface area contributed by atoms with Gasteiger partial charge in [-0.15, -0.1) is 0 Å². The number of aromatic nitrogens is 3. The molecule has 0 fully saturated rings. The molecule has 0 saturated carbocycles. The van der Waals surface area contributed by atoms with Crippen molar-refractivity contribution in [2.45, 2.75) is 37.5 Å². The summed E-state index contributed by atoms with van der Waals surface area (Å²) in [5.74, 6) is 0.772. The topological polar surface area (TPSA) is 34.0 Å². The molecule has 0 N–H and O–H groups in total. The highest BCUT2D eigenvalue weighted by Crippen LogP contribution is 2.65. The van der Waals surface area contributed by atoms with Crippen molar-refractivity contribution in [3.8, 4) is 22.5 Å². The maximum Gasteiger partial charge on any atom is 0.235 e. The maximum absolute atomic E-state index is 5.61. The van der Waals surface area contributed by atoms with E-state index in [0.717, 1.165) is 28.6 Å². The molecule has 0 radical (unpaired) electrons. The highest BCUT2D eigenvalue weighted by atomic mass is 15.3. The van der Waals surface area contributed by atoms with Crippen molar-refractivity contribution in [1.82, 2.24) is 14.5 Å². The number of nitrogens with zero attached hydrogens (tertiary/aromatic N) is 4. The first-order chi connectivity index (χ1) is 25.4. The van der Waals surface area contributed by atoms with E-state index in [1.807, 2.05) is 0 Å². The minimum atomic E-state index is -0.317. The highest BCUT2D eigenvalue weighted by molar-refractivity contribution is 6.15. The Bertz CT molecular complexity index is 2960.